The van der Waals surface area contributed by atoms with E-state index in [2.05, 4.69) is 20.3 Å². The van der Waals surface area contributed by atoms with Gasteiger partial charge in [-0.1, -0.05) is 17.7 Å². The first-order chi connectivity index (χ1) is 11.9. The second-order valence-electron chi connectivity index (χ2n) is 5.39. The number of halogens is 1. The number of thiazole rings is 1. The van der Waals surface area contributed by atoms with Gasteiger partial charge in [-0.3, -0.25) is 0 Å². The first-order valence-electron chi connectivity index (χ1n) is 7.47. The Morgan fingerprint density at radius 3 is 2.76 bits per heavy atom. The first-order valence-corrected chi connectivity index (χ1v) is 8.66. The molecule has 0 spiro atoms. The van der Waals surface area contributed by atoms with E-state index in [-0.39, 0.29) is 10.6 Å². The fourth-order valence-electron chi connectivity index (χ4n) is 2.37. The Hall–Kier alpha value is -2.51. The van der Waals surface area contributed by atoms with Crippen LogP contribution in [0.15, 0.2) is 30.5 Å². The van der Waals surface area contributed by atoms with E-state index in [0.29, 0.717) is 12.5 Å². The minimum Gasteiger partial charge on any atom is -0.478 e. The molecule has 1 aromatic carbocycles. The monoisotopic (exact) mass is 374 g/mol. The number of aromatic carboxylic acids is 1. The standard InChI is InChI=1S/C17H15ClN4O2S/c1-9-15(25-10(2)21-9)14-5-6-19-17(22-14)20-8-11-3-4-13(18)12(7-11)16(23)24/h3-7H,8H2,1-2H3,(H,23,24)(H,19,20,22). The van der Waals surface area contributed by atoms with E-state index in [9.17, 15) is 4.79 Å². The molecule has 128 valence electrons. The summed E-state index contributed by atoms with van der Waals surface area (Å²) < 4.78 is 0. The lowest BCUT2D eigenvalue weighted by atomic mass is 10.1. The van der Waals surface area contributed by atoms with Gasteiger partial charge in [0.15, 0.2) is 0 Å². The van der Waals surface area contributed by atoms with Crippen LogP contribution < -0.4 is 5.32 Å². The molecule has 6 nitrogen and oxygen atoms in total. The molecule has 0 aliphatic heterocycles. The number of benzene rings is 1. The predicted octanol–water partition coefficient (Wildman–Crippen LogP) is 4.18. The molecule has 0 unspecified atom stereocenters. The third-order valence-corrected chi connectivity index (χ3v) is 4.93. The minimum absolute atomic E-state index is 0.0754. The number of nitrogens with one attached hydrogen (secondary N) is 1. The maximum Gasteiger partial charge on any atom is 0.337 e. The van der Waals surface area contributed by atoms with Gasteiger partial charge >= 0.3 is 5.97 Å². The second-order valence-corrected chi connectivity index (χ2v) is 7.00. The molecule has 3 aromatic rings. The number of rotatable bonds is 5. The summed E-state index contributed by atoms with van der Waals surface area (Å²) in [5.41, 5.74) is 2.60. The number of carboxylic acids is 1. The van der Waals surface area contributed by atoms with Crippen LogP contribution in [0.3, 0.4) is 0 Å². The van der Waals surface area contributed by atoms with Crippen molar-refractivity contribution in [2.45, 2.75) is 20.4 Å². The van der Waals surface area contributed by atoms with Gasteiger partial charge in [0.25, 0.3) is 0 Å². The Kier molecular flexibility index (Phi) is 4.96. The van der Waals surface area contributed by atoms with Crippen LogP contribution in [0, 0.1) is 13.8 Å². The van der Waals surface area contributed by atoms with Crippen molar-refractivity contribution in [2.24, 2.45) is 0 Å². The number of anilines is 1. The van der Waals surface area contributed by atoms with Crippen molar-refractivity contribution in [1.29, 1.82) is 0 Å². The topological polar surface area (TPSA) is 88.0 Å². The number of aromatic nitrogens is 3. The zero-order chi connectivity index (χ0) is 18.0. The Labute approximate surface area is 153 Å². The number of hydrogen-bond acceptors (Lipinski definition) is 6. The summed E-state index contributed by atoms with van der Waals surface area (Å²) in [5, 5.41) is 13.4. The number of nitrogens with zero attached hydrogens (tertiary/aromatic N) is 3. The summed E-state index contributed by atoms with van der Waals surface area (Å²) in [6.45, 7) is 4.30. The molecule has 0 amide bonds. The lowest BCUT2D eigenvalue weighted by Crippen LogP contribution is -2.05. The van der Waals surface area contributed by atoms with Crippen molar-refractivity contribution < 1.29 is 9.90 Å². The third-order valence-electron chi connectivity index (χ3n) is 3.50. The number of carbonyl (C=O) groups is 1. The van der Waals surface area contributed by atoms with Crippen LogP contribution in [-0.4, -0.2) is 26.0 Å². The van der Waals surface area contributed by atoms with Crippen molar-refractivity contribution in [3.8, 4) is 10.6 Å². The van der Waals surface area contributed by atoms with E-state index < -0.39 is 5.97 Å². The quantitative estimate of drug-likeness (QED) is 0.696. The predicted molar refractivity (Wildman–Crippen MR) is 98.4 cm³/mol. The Morgan fingerprint density at radius 2 is 2.08 bits per heavy atom. The van der Waals surface area contributed by atoms with Crippen LogP contribution in [0.4, 0.5) is 5.95 Å². The van der Waals surface area contributed by atoms with Crippen molar-refractivity contribution in [1.82, 2.24) is 15.0 Å². The van der Waals surface area contributed by atoms with Crippen LogP contribution in [0.1, 0.15) is 26.6 Å². The van der Waals surface area contributed by atoms with Gasteiger partial charge in [-0.05, 0) is 37.6 Å². The summed E-state index contributed by atoms with van der Waals surface area (Å²) >= 11 is 7.47. The first kappa shape index (κ1) is 17.3. The molecule has 2 heterocycles. The minimum atomic E-state index is -1.05. The van der Waals surface area contributed by atoms with Crippen LogP contribution in [0.25, 0.3) is 10.6 Å². The average molecular weight is 375 g/mol. The van der Waals surface area contributed by atoms with Crippen molar-refractivity contribution >= 4 is 34.9 Å². The van der Waals surface area contributed by atoms with E-state index in [4.69, 9.17) is 16.7 Å². The van der Waals surface area contributed by atoms with Crippen LogP contribution in [0.5, 0.6) is 0 Å². The lowest BCUT2D eigenvalue weighted by molar-refractivity contribution is 0.0697. The molecule has 0 saturated heterocycles. The maximum atomic E-state index is 11.1. The highest BCUT2D eigenvalue weighted by atomic mass is 35.5. The molecule has 3 rings (SSSR count). The maximum absolute atomic E-state index is 11.1. The molecular formula is C17H15ClN4O2S. The second kappa shape index (κ2) is 7.16. The zero-order valence-corrected chi connectivity index (χ0v) is 15.1. The molecular weight excluding hydrogens is 360 g/mol. The molecule has 0 radical (unpaired) electrons. The Bertz CT molecular complexity index is 942. The number of carboxylic acid groups (broad SMARTS) is 1. The highest BCUT2D eigenvalue weighted by Crippen LogP contribution is 2.28. The van der Waals surface area contributed by atoms with Crippen LogP contribution in [-0.2, 0) is 6.54 Å². The number of hydrogen-bond donors (Lipinski definition) is 2. The molecule has 25 heavy (non-hydrogen) atoms. The summed E-state index contributed by atoms with van der Waals surface area (Å²) in [4.78, 5) is 25.3. The molecule has 8 heteroatoms. The highest BCUT2D eigenvalue weighted by molar-refractivity contribution is 7.15. The summed E-state index contributed by atoms with van der Waals surface area (Å²) in [6.07, 6.45) is 1.68. The summed E-state index contributed by atoms with van der Waals surface area (Å²) in [7, 11) is 0. The molecule has 2 aromatic heterocycles. The summed E-state index contributed by atoms with van der Waals surface area (Å²) in [6, 6.07) is 6.72. The highest BCUT2D eigenvalue weighted by Gasteiger charge is 2.11. The zero-order valence-electron chi connectivity index (χ0n) is 13.6. The van der Waals surface area contributed by atoms with E-state index in [1.165, 1.54) is 6.07 Å². The van der Waals surface area contributed by atoms with E-state index >= 15 is 0 Å². The smallest absolute Gasteiger partial charge is 0.337 e. The average Bonchev–Trinajstić information content (AvgIpc) is 2.92. The SMILES string of the molecule is Cc1nc(C)c(-c2ccnc(NCc3ccc(Cl)c(C(=O)O)c3)n2)s1. The molecule has 2 N–H and O–H groups in total. The molecule has 0 fully saturated rings. The van der Waals surface area contributed by atoms with Gasteiger partial charge < -0.3 is 10.4 Å². The molecule has 0 saturated carbocycles. The normalized spacial score (nSPS) is 10.7. The van der Waals surface area contributed by atoms with Crippen molar-refractivity contribution in [2.75, 3.05) is 5.32 Å². The fraction of sp³-hybridized carbons (Fsp3) is 0.176. The van der Waals surface area contributed by atoms with Crippen LogP contribution in [0.2, 0.25) is 5.02 Å². The van der Waals surface area contributed by atoms with E-state index in [0.717, 1.165) is 26.8 Å². The van der Waals surface area contributed by atoms with Gasteiger partial charge in [-0.25, -0.2) is 19.7 Å². The largest absolute Gasteiger partial charge is 0.478 e. The molecule has 0 aliphatic carbocycles. The fourth-order valence-corrected chi connectivity index (χ4v) is 3.45. The van der Waals surface area contributed by atoms with Gasteiger partial charge in [0.05, 0.1) is 31.9 Å². The van der Waals surface area contributed by atoms with Gasteiger partial charge in [-0.15, -0.1) is 11.3 Å². The van der Waals surface area contributed by atoms with Gasteiger partial charge in [-0.2, -0.15) is 0 Å². The van der Waals surface area contributed by atoms with Crippen LogP contribution >= 0.6 is 22.9 Å². The van der Waals surface area contributed by atoms with E-state index in [1.54, 1.807) is 29.7 Å². The number of aryl methyl sites for hydroxylation is 2. The Morgan fingerprint density at radius 1 is 1.28 bits per heavy atom. The molecule has 0 bridgehead atoms. The van der Waals surface area contributed by atoms with Gasteiger partial charge in [0.1, 0.15) is 0 Å². The van der Waals surface area contributed by atoms with Gasteiger partial charge in [0.2, 0.25) is 5.95 Å². The third kappa shape index (κ3) is 3.94. The summed E-state index contributed by atoms with van der Waals surface area (Å²) in [5.74, 6) is -0.587. The van der Waals surface area contributed by atoms with Crippen molar-refractivity contribution in [3.63, 3.8) is 0 Å². The lowest BCUT2D eigenvalue weighted by Gasteiger charge is -2.08. The Balaban J connectivity index is 1.78. The molecule has 0 aliphatic rings. The van der Waals surface area contributed by atoms with Gasteiger partial charge in [0, 0.05) is 12.7 Å². The molecule has 0 atom stereocenters. The van der Waals surface area contributed by atoms with E-state index in [1.807, 2.05) is 19.9 Å². The van der Waals surface area contributed by atoms with Crippen molar-refractivity contribution in [3.05, 3.63) is 57.3 Å².